The smallest absolute Gasteiger partial charge is 0.303 e. The number of nitrogens with zero attached hydrogens (tertiary/aromatic N) is 2. The Balaban J connectivity index is 2.75. The molecule has 0 spiro atoms. The summed E-state index contributed by atoms with van der Waals surface area (Å²) in [6.45, 7) is 8.75. The first kappa shape index (κ1) is 25.3. The molecule has 0 aliphatic rings. The summed E-state index contributed by atoms with van der Waals surface area (Å²) in [4.78, 5) is 3.33. The van der Waals surface area contributed by atoms with Gasteiger partial charge in [-0.05, 0) is 71.9 Å². The summed E-state index contributed by atoms with van der Waals surface area (Å²) in [5.41, 5.74) is 17.8. The van der Waals surface area contributed by atoms with Gasteiger partial charge in [0.15, 0.2) is 0 Å². The topological polar surface area (TPSA) is 36.4 Å². The van der Waals surface area contributed by atoms with E-state index in [0.29, 0.717) is 0 Å². The van der Waals surface area contributed by atoms with E-state index in [1.165, 1.54) is 33.4 Å². The molecule has 0 aromatic heterocycles. The Bertz CT molecular complexity index is 978. The molecule has 0 radical (unpaired) electrons. The van der Waals surface area contributed by atoms with Gasteiger partial charge in [0, 0.05) is 0 Å². The SMILES string of the molecule is CCC=Cc1ccc(C(=C(CCCC)C(=C=[N+]=[N-])CCCC)c2ccc(CC)cc2)cc1. The monoisotopic (exact) mass is 426 g/mol. The van der Waals surface area contributed by atoms with Crippen LogP contribution in [0.15, 0.2) is 65.8 Å². The van der Waals surface area contributed by atoms with Gasteiger partial charge in [-0.1, -0.05) is 101 Å². The maximum Gasteiger partial charge on any atom is 0.303 e. The van der Waals surface area contributed by atoms with E-state index in [9.17, 15) is 5.53 Å². The molecule has 0 bridgehead atoms. The molecule has 32 heavy (non-hydrogen) atoms. The quantitative estimate of drug-likeness (QED) is 0.141. The Morgan fingerprint density at radius 2 is 1.44 bits per heavy atom. The lowest BCUT2D eigenvalue weighted by Gasteiger charge is -2.18. The van der Waals surface area contributed by atoms with Crippen molar-refractivity contribution in [3.63, 3.8) is 0 Å². The van der Waals surface area contributed by atoms with E-state index in [1.807, 2.05) is 0 Å². The van der Waals surface area contributed by atoms with E-state index < -0.39 is 0 Å². The van der Waals surface area contributed by atoms with E-state index in [-0.39, 0.29) is 0 Å². The number of benzene rings is 2. The normalized spacial score (nSPS) is 11.8. The molecule has 0 saturated carbocycles. The molecule has 0 aliphatic heterocycles. The van der Waals surface area contributed by atoms with E-state index in [2.05, 4.69) is 99.0 Å². The van der Waals surface area contributed by atoms with E-state index in [1.54, 1.807) is 0 Å². The lowest BCUT2D eigenvalue weighted by molar-refractivity contribution is 0.00739. The molecule has 168 valence electrons. The zero-order valence-corrected chi connectivity index (χ0v) is 20.3. The highest BCUT2D eigenvalue weighted by Crippen LogP contribution is 2.35. The average molecular weight is 427 g/mol. The summed E-state index contributed by atoms with van der Waals surface area (Å²) in [5, 5.41) is 0. The van der Waals surface area contributed by atoms with Crippen LogP contribution in [0.2, 0.25) is 0 Å². The molecule has 0 atom stereocenters. The summed E-state index contributed by atoms with van der Waals surface area (Å²) in [6, 6.07) is 17.7. The van der Waals surface area contributed by atoms with Gasteiger partial charge in [0.2, 0.25) is 0 Å². The zero-order chi connectivity index (χ0) is 23.2. The zero-order valence-electron chi connectivity index (χ0n) is 20.3. The van der Waals surface area contributed by atoms with Gasteiger partial charge < -0.3 is 5.53 Å². The summed E-state index contributed by atoms with van der Waals surface area (Å²) >= 11 is 0. The minimum Gasteiger partial charge on any atom is -0.348 e. The van der Waals surface area contributed by atoms with Crippen LogP contribution in [0.25, 0.3) is 17.2 Å². The lowest BCUT2D eigenvalue weighted by atomic mass is 9.85. The van der Waals surface area contributed by atoms with Crippen molar-refractivity contribution in [2.75, 3.05) is 0 Å². The van der Waals surface area contributed by atoms with E-state index in [4.69, 9.17) is 0 Å². The Morgan fingerprint density at radius 1 is 0.844 bits per heavy atom. The predicted octanol–water partition coefficient (Wildman–Crippen LogP) is 8.68. The molecular formula is C30H38N2. The average Bonchev–Trinajstić information content (AvgIpc) is 2.84. The van der Waals surface area contributed by atoms with Crippen LogP contribution >= 0.6 is 0 Å². The van der Waals surface area contributed by atoms with Crippen molar-refractivity contribution in [3.05, 3.63) is 93.5 Å². The molecule has 0 saturated heterocycles. The van der Waals surface area contributed by atoms with Crippen LogP contribution in [-0.2, 0) is 6.42 Å². The van der Waals surface area contributed by atoms with Crippen molar-refractivity contribution in [2.45, 2.75) is 79.1 Å². The fourth-order valence-corrected chi connectivity index (χ4v) is 3.91. The van der Waals surface area contributed by atoms with Gasteiger partial charge in [0.1, 0.15) is 0 Å². The third kappa shape index (κ3) is 7.34. The van der Waals surface area contributed by atoms with Crippen LogP contribution in [0.5, 0.6) is 0 Å². The first-order valence-corrected chi connectivity index (χ1v) is 12.2. The standard InChI is InChI=1S/C30H38N2/c1-5-9-12-25-17-21-27(22-18-25)30(26-19-15-24(8-4)16-20-26)29(14-11-7-3)28(23-32-31)13-10-6-2/h9,12,15-22H,5-8,10-11,13-14H2,1-4H3. The number of aryl methyl sites for hydroxylation is 1. The van der Waals surface area contributed by atoms with Crippen molar-refractivity contribution in [1.29, 1.82) is 0 Å². The van der Waals surface area contributed by atoms with Crippen LogP contribution in [0, 0.1) is 0 Å². The third-order valence-corrected chi connectivity index (χ3v) is 5.81. The van der Waals surface area contributed by atoms with Gasteiger partial charge >= 0.3 is 5.87 Å². The van der Waals surface area contributed by atoms with Crippen LogP contribution in [-0.4, -0.2) is 10.7 Å². The van der Waals surface area contributed by atoms with E-state index in [0.717, 1.165) is 56.9 Å². The second kappa shape index (κ2) is 14.2. The Hall–Kier alpha value is -2.92. The Kier molecular flexibility index (Phi) is 11.2. The fraction of sp³-hybridized carbons (Fsp3) is 0.400. The summed E-state index contributed by atoms with van der Waals surface area (Å²) in [6.07, 6.45) is 12.6. The van der Waals surface area contributed by atoms with Crippen molar-refractivity contribution in [3.8, 4) is 0 Å². The number of unbranched alkanes of at least 4 members (excludes halogenated alkanes) is 2. The highest BCUT2D eigenvalue weighted by Gasteiger charge is 2.18. The Labute approximate surface area is 195 Å². The van der Waals surface area contributed by atoms with Crippen molar-refractivity contribution < 1.29 is 4.79 Å². The molecule has 0 fully saturated rings. The number of allylic oxidation sites excluding steroid dienone is 3. The van der Waals surface area contributed by atoms with Crippen LogP contribution in [0.3, 0.4) is 0 Å². The second-order valence-corrected chi connectivity index (χ2v) is 8.23. The van der Waals surface area contributed by atoms with Crippen LogP contribution in [0.4, 0.5) is 0 Å². The first-order valence-electron chi connectivity index (χ1n) is 12.2. The molecule has 0 amide bonds. The summed E-state index contributed by atoms with van der Waals surface area (Å²) in [5.74, 6) is 2.94. The molecule has 2 rings (SSSR count). The summed E-state index contributed by atoms with van der Waals surface area (Å²) in [7, 11) is 0. The number of hydrogen-bond acceptors (Lipinski definition) is 0. The van der Waals surface area contributed by atoms with Gasteiger partial charge in [-0.3, -0.25) is 0 Å². The Morgan fingerprint density at radius 3 is 1.97 bits per heavy atom. The van der Waals surface area contributed by atoms with Gasteiger partial charge in [-0.15, -0.1) is 4.79 Å². The third-order valence-electron chi connectivity index (χ3n) is 5.81. The molecule has 2 nitrogen and oxygen atoms in total. The fourth-order valence-electron chi connectivity index (χ4n) is 3.91. The minimum absolute atomic E-state index is 0.869. The molecule has 0 heterocycles. The van der Waals surface area contributed by atoms with E-state index >= 15 is 0 Å². The molecule has 0 N–H and O–H groups in total. The van der Waals surface area contributed by atoms with Crippen molar-refractivity contribution >= 4 is 17.5 Å². The largest absolute Gasteiger partial charge is 0.348 e. The maximum atomic E-state index is 9.38. The molecule has 2 aromatic rings. The summed E-state index contributed by atoms with van der Waals surface area (Å²) < 4.78 is 0. The van der Waals surface area contributed by atoms with Gasteiger partial charge in [0.25, 0.3) is 0 Å². The highest BCUT2D eigenvalue weighted by atomic mass is 14.8. The van der Waals surface area contributed by atoms with Gasteiger partial charge in [0.05, 0.1) is 5.57 Å². The molecular weight excluding hydrogens is 388 g/mol. The minimum atomic E-state index is 0.869. The molecule has 0 unspecified atom stereocenters. The van der Waals surface area contributed by atoms with Crippen molar-refractivity contribution in [2.24, 2.45) is 0 Å². The van der Waals surface area contributed by atoms with Crippen LogP contribution in [0.1, 0.15) is 94.9 Å². The maximum absolute atomic E-state index is 9.38. The van der Waals surface area contributed by atoms with Gasteiger partial charge in [-0.25, -0.2) is 0 Å². The first-order chi connectivity index (χ1) is 15.7. The number of rotatable bonds is 12. The van der Waals surface area contributed by atoms with Gasteiger partial charge in [-0.2, -0.15) is 0 Å². The van der Waals surface area contributed by atoms with Crippen LogP contribution < -0.4 is 0 Å². The molecule has 0 aliphatic carbocycles. The second-order valence-electron chi connectivity index (χ2n) is 8.23. The molecule has 2 heteroatoms. The molecule has 2 aromatic carbocycles. The van der Waals surface area contributed by atoms with Crippen molar-refractivity contribution in [1.82, 2.24) is 0 Å². The predicted molar refractivity (Wildman–Crippen MR) is 139 cm³/mol. The highest BCUT2D eigenvalue weighted by molar-refractivity contribution is 5.87. The lowest BCUT2D eigenvalue weighted by Crippen LogP contribution is -2.01. The number of hydrogen-bond donors (Lipinski definition) is 0.